The van der Waals surface area contributed by atoms with Crippen LogP contribution in [0.2, 0.25) is 0 Å². The third kappa shape index (κ3) is 4.16. The van der Waals surface area contributed by atoms with Gasteiger partial charge in [-0.1, -0.05) is 44.6 Å². The molecule has 1 fully saturated rings. The van der Waals surface area contributed by atoms with E-state index in [1.807, 2.05) is 6.92 Å². The van der Waals surface area contributed by atoms with Crippen LogP contribution in [0.5, 0.6) is 0 Å². The Morgan fingerprint density at radius 2 is 1.97 bits per heavy atom. The average Bonchev–Trinajstić information content (AvgIpc) is 2.70. The van der Waals surface area contributed by atoms with Gasteiger partial charge in [-0.05, 0) is 42.9 Å². The number of fused-ring (bicyclic) bond motifs is 2. The highest BCUT2D eigenvalue weighted by Crippen LogP contribution is 2.56. The van der Waals surface area contributed by atoms with Crippen molar-refractivity contribution < 1.29 is 14.3 Å². The average molecular weight is 401 g/mol. The van der Waals surface area contributed by atoms with E-state index in [1.54, 1.807) is 0 Å². The highest BCUT2D eigenvalue weighted by atomic mass is 16.6. The summed E-state index contributed by atoms with van der Waals surface area (Å²) in [5, 5.41) is 2.81. The summed E-state index contributed by atoms with van der Waals surface area (Å²) >= 11 is 0. The first-order chi connectivity index (χ1) is 13.8. The summed E-state index contributed by atoms with van der Waals surface area (Å²) in [6, 6.07) is 8.66. The quantitative estimate of drug-likeness (QED) is 0.697. The number of benzene rings is 1. The lowest BCUT2D eigenvalue weighted by Crippen LogP contribution is -2.54. The number of anilines is 1. The Morgan fingerprint density at radius 1 is 1.28 bits per heavy atom. The first kappa shape index (κ1) is 21.7. The maximum absolute atomic E-state index is 12.1. The van der Waals surface area contributed by atoms with Crippen LogP contribution in [0, 0.1) is 23.2 Å². The second-order valence-electron chi connectivity index (χ2n) is 8.97. The third-order valence-corrected chi connectivity index (χ3v) is 6.98. The Hall–Kier alpha value is -2.01. The smallest absolute Gasteiger partial charge is 0.407 e. The van der Waals surface area contributed by atoms with Gasteiger partial charge in [0.2, 0.25) is 0 Å². The molecular formula is C24H36N2O3. The van der Waals surface area contributed by atoms with Crippen LogP contribution in [-0.4, -0.2) is 39.9 Å². The van der Waals surface area contributed by atoms with E-state index in [4.69, 9.17) is 9.47 Å². The van der Waals surface area contributed by atoms with Crippen molar-refractivity contribution in [2.45, 2.75) is 40.2 Å². The molecule has 29 heavy (non-hydrogen) atoms. The number of carbonyl (C=O) groups excluding carboxylic acids is 1. The summed E-state index contributed by atoms with van der Waals surface area (Å²) in [4.78, 5) is 14.2. The van der Waals surface area contributed by atoms with Gasteiger partial charge < -0.3 is 19.7 Å². The maximum atomic E-state index is 12.1. The van der Waals surface area contributed by atoms with Crippen molar-refractivity contribution in [2.75, 3.05) is 38.8 Å². The zero-order valence-electron chi connectivity index (χ0n) is 18.7. The standard InChI is InChI=1S/C24H36N2O3/c1-7-12-25-23(27)29-15-24-14-28-22(19-8-10-20(11-9-19)26(5)6)21(18(24)4)16(2)13-17(24)3/h8-11,13,17-18,21-22H,7,12,14-15H2,1-6H3,(H,25,27)/t17?,18-,21?,22?,24+/m0/s1. The highest BCUT2D eigenvalue weighted by Gasteiger charge is 2.54. The van der Waals surface area contributed by atoms with E-state index in [-0.39, 0.29) is 23.5 Å². The van der Waals surface area contributed by atoms with Crippen molar-refractivity contribution in [3.63, 3.8) is 0 Å². The number of carbonyl (C=O) groups is 1. The van der Waals surface area contributed by atoms with Gasteiger partial charge in [0.05, 0.1) is 12.7 Å². The summed E-state index contributed by atoms with van der Waals surface area (Å²) in [5.74, 6) is 0.936. The van der Waals surface area contributed by atoms with Gasteiger partial charge in [-0.3, -0.25) is 0 Å². The highest BCUT2D eigenvalue weighted by molar-refractivity contribution is 5.67. The predicted molar refractivity (Wildman–Crippen MR) is 117 cm³/mol. The van der Waals surface area contributed by atoms with Crippen LogP contribution < -0.4 is 10.2 Å². The molecule has 0 spiro atoms. The van der Waals surface area contributed by atoms with Gasteiger partial charge in [-0.2, -0.15) is 0 Å². The molecule has 3 unspecified atom stereocenters. The first-order valence-electron chi connectivity index (χ1n) is 10.8. The molecule has 0 aromatic heterocycles. The number of alkyl carbamates (subject to hydrolysis) is 1. The summed E-state index contributed by atoms with van der Waals surface area (Å²) in [6.45, 7) is 10.4. The van der Waals surface area contributed by atoms with Gasteiger partial charge in [-0.15, -0.1) is 0 Å². The molecule has 1 aliphatic carbocycles. The number of hydrogen-bond acceptors (Lipinski definition) is 4. The van der Waals surface area contributed by atoms with E-state index in [2.05, 4.69) is 75.4 Å². The van der Waals surface area contributed by atoms with E-state index in [1.165, 1.54) is 16.8 Å². The normalized spacial score (nSPS) is 31.0. The SMILES string of the molecule is CCCNC(=O)OC[C@]12COC(c3ccc(N(C)C)cc3)C(C(C)=CC1C)[C@@H]2C. The lowest BCUT2D eigenvalue weighted by atomic mass is 9.56. The monoisotopic (exact) mass is 400 g/mol. The molecule has 1 aliphatic heterocycles. The van der Waals surface area contributed by atoms with Crippen molar-refractivity contribution >= 4 is 11.8 Å². The molecule has 5 nitrogen and oxygen atoms in total. The van der Waals surface area contributed by atoms with E-state index < -0.39 is 0 Å². The Balaban J connectivity index is 1.81. The minimum atomic E-state index is -0.329. The zero-order chi connectivity index (χ0) is 21.2. The van der Waals surface area contributed by atoms with E-state index >= 15 is 0 Å². The molecule has 0 radical (unpaired) electrons. The fourth-order valence-electron chi connectivity index (χ4n) is 5.00. The molecule has 0 saturated carbocycles. The van der Waals surface area contributed by atoms with Crippen molar-refractivity contribution in [1.82, 2.24) is 5.32 Å². The lowest BCUT2D eigenvalue weighted by Gasteiger charge is -2.55. The van der Waals surface area contributed by atoms with Crippen molar-refractivity contribution in [1.29, 1.82) is 0 Å². The van der Waals surface area contributed by atoms with Gasteiger partial charge in [-0.25, -0.2) is 4.79 Å². The minimum Gasteiger partial charge on any atom is -0.449 e. The second-order valence-corrected chi connectivity index (χ2v) is 8.97. The number of rotatable bonds is 6. The fraction of sp³-hybridized carbons (Fsp3) is 0.625. The molecule has 2 bridgehead atoms. The molecule has 1 aromatic rings. The molecule has 2 aliphatic rings. The molecule has 1 heterocycles. The molecule has 1 saturated heterocycles. The number of nitrogens with zero attached hydrogens (tertiary/aromatic N) is 1. The van der Waals surface area contributed by atoms with Crippen LogP contribution in [-0.2, 0) is 9.47 Å². The van der Waals surface area contributed by atoms with Crippen LogP contribution >= 0.6 is 0 Å². The van der Waals surface area contributed by atoms with Gasteiger partial charge >= 0.3 is 6.09 Å². The third-order valence-electron chi connectivity index (χ3n) is 6.98. The van der Waals surface area contributed by atoms with E-state index in [0.29, 0.717) is 31.6 Å². The Bertz CT molecular complexity index is 743. The second kappa shape index (κ2) is 8.78. The van der Waals surface area contributed by atoms with Crippen LogP contribution in [0.1, 0.15) is 45.8 Å². The zero-order valence-corrected chi connectivity index (χ0v) is 18.7. The van der Waals surface area contributed by atoms with Crippen molar-refractivity contribution in [3.05, 3.63) is 41.5 Å². The van der Waals surface area contributed by atoms with Gasteiger partial charge in [0, 0.05) is 37.7 Å². The van der Waals surface area contributed by atoms with Gasteiger partial charge in [0.1, 0.15) is 6.61 Å². The van der Waals surface area contributed by atoms with Crippen LogP contribution in [0.25, 0.3) is 0 Å². The first-order valence-corrected chi connectivity index (χ1v) is 10.8. The Labute approximate surface area is 175 Å². The van der Waals surface area contributed by atoms with Crippen LogP contribution in [0.4, 0.5) is 10.5 Å². The molecule has 1 N–H and O–H groups in total. The number of amides is 1. The molecule has 1 aromatic carbocycles. The van der Waals surface area contributed by atoms with Crippen LogP contribution in [0.15, 0.2) is 35.9 Å². The molecule has 3 rings (SSSR count). The number of nitrogens with one attached hydrogen (secondary N) is 1. The molecule has 160 valence electrons. The minimum absolute atomic E-state index is 0.0343. The number of hydrogen-bond donors (Lipinski definition) is 1. The molecular weight excluding hydrogens is 364 g/mol. The molecule has 5 heteroatoms. The number of allylic oxidation sites excluding steroid dienone is 1. The molecule has 5 atom stereocenters. The van der Waals surface area contributed by atoms with E-state index in [9.17, 15) is 4.79 Å². The van der Waals surface area contributed by atoms with Gasteiger partial charge in [0.15, 0.2) is 0 Å². The summed E-state index contributed by atoms with van der Waals surface area (Å²) in [6.07, 6.45) is 2.97. The summed E-state index contributed by atoms with van der Waals surface area (Å²) in [5.41, 5.74) is 3.58. The lowest BCUT2D eigenvalue weighted by molar-refractivity contribution is -0.165. The fourth-order valence-corrected chi connectivity index (χ4v) is 5.00. The predicted octanol–water partition coefficient (Wildman–Crippen LogP) is 4.79. The number of ether oxygens (including phenoxy) is 2. The van der Waals surface area contributed by atoms with E-state index in [0.717, 1.165) is 6.42 Å². The Kier molecular flexibility index (Phi) is 6.57. The Morgan fingerprint density at radius 3 is 2.59 bits per heavy atom. The topological polar surface area (TPSA) is 50.8 Å². The van der Waals surface area contributed by atoms with Crippen LogP contribution in [0.3, 0.4) is 0 Å². The largest absolute Gasteiger partial charge is 0.449 e. The maximum Gasteiger partial charge on any atom is 0.407 e. The summed E-state index contributed by atoms with van der Waals surface area (Å²) < 4.78 is 12.1. The molecule has 1 amide bonds. The van der Waals surface area contributed by atoms with Crippen molar-refractivity contribution in [3.8, 4) is 0 Å². The summed E-state index contributed by atoms with van der Waals surface area (Å²) in [7, 11) is 4.10. The van der Waals surface area contributed by atoms with Crippen molar-refractivity contribution in [2.24, 2.45) is 23.2 Å². The van der Waals surface area contributed by atoms with Gasteiger partial charge in [0.25, 0.3) is 0 Å².